The quantitative estimate of drug-likeness (QED) is 0.167. The molecule has 1 heterocycles. The first-order valence-corrected chi connectivity index (χ1v) is 18.2. The van der Waals surface area contributed by atoms with Crippen LogP contribution in [-0.2, 0) is 0 Å². The molecule has 50 heavy (non-hydrogen) atoms. The van der Waals surface area contributed by atoms with Crippen molar-refractivity contribution in [1.29, 1.82) is 0 Å². The second kappa shape index (κ2) is 11.9. The summed E-state index contributed by atoms with van der Waals surface area (Å²) < 4.78 is 2.70. The average Bonchev–Trinajstić information content (AvgIpc) is 3.58. The Morgan fingerprint density at radius 3 is 2.02 bits per heavy atom. The Labute approximate surface area is 295 Å². The summed E-state index contributed by atoms with van der Waals surface area (Å²) in [6.45, 7) is 0. The minimum atomic E-state index is 0.937. The zero-order chi connectivity index (χ0) is 33.0. The van der Waals surface area contributed by atoms with Gasteiger partial charge >= 0.3 is 0 Å². The smallest absolute Gasteiger partial charge is 0.0536 e. The molecule has 0 saturated carbocycles. The van der Waals surface area contributed by atoms with E-state index in [1.165, 1.54) is 91.8 Å². The third-order valence-electron chi connectivity index (χ3n) is 10.4. The Hall–Kier alpha value is -5.96. The van der Waals surface area contributed by atoms with Gasteiger partial charge in [-0.2, -0.15) is 0 Å². The van der Waals surface area contributed by atoms with E-state index in [0.29, 0.717) is 0 Å². The van der Waals surface area contributed by atoms with Crippen molar-refractivity contribution in [2.75, 3.05) is 4.90 Å². The molecule has 0 spiro atoms. The molecule has 0 bridgehead atoms. The predicted molar refractivity (Wildman–Crippen MR) is 218 cm³/mol. The van der Waals surface area contributed by atoms with E-state index in [0.717, 1.165) is 12.8 Å². The summed E-state index contributed by atoms with van der Waals surface area (Å²) in [5, 5.41) is 10.5. The highest BCUT2D eigenvalue weighted by molar-refractivity contribution is 7.26. The maximum Gasteiger partial charge on any atom is 0.0536 e. The van der Waals surface area contributed by atoms with Crippen LogP contribution in [0.15, 0.2) is 182 Å². The van der Waals surface area contributed by atoms with Gasteiger partial charge in [-0.05, 0) is 104 Å². The molecule has 2 heteroatoms. The van der Waals surface area contributed by atoms with Crippen molar-refractivity contribution < 1.29 is 0 Å². The van der Waals surface area contributed by atoms with Crippen molar-refractivity contribution in [3.05, 3.63) is 187 Å². The van der Waals surface area contributed by atoms with Gasteiger partial charge < -0.3 is 4.90 Å². The molecule has 236 valence electrons. The molecule has 0 saturated heterocycles. The van der Waals surface area contributed by atoms with E-state index in [-0.39, 0.29) is 0 Å². The highest BCUT2D eigenvalue weighted by atomic mass is 32.1. The van der Waals surface area contributed by atoms with Crippen LogP contribution in [0.4, 0.5) is 11.4 Å². The van der Waals surface area contributed by atoms with Crippen molar-refractivity contribution in [2.45, 2.75) is 12.8 Å². The standard InChI is InChI=1S/C48H33NS/c1-2-10-33(11-3-1)41-14-6-8-16-45(41)49(39-28-24-35-19-18-34-12-4-5-13-40(34)43(35)31-39)38-26-22-32(23-27-38)37-21-20-36-25-29-47-48(44(36)30-37)42-15-7-9-17-46(42)50-47/h1-22,24-26,28-31H,23,27H2. The number of anilines is 2. The molecule has 0 N–H and O–H groups in total. The number of hydrogen-bond acceptors (Lipinski definition) is 2. The zero-order valence-electron chi connectivity index (χ0n) is 27.5. The molecule has 10 rings (SSSR count). The van der Waals surface area contributed by atoms with Gasteiger partial charge in [-0.25, -0.2) is 0 Å². The molecular weight excluding hydrogens is 623 g/mol. The van der Waals surface area contributed by atoms with Gasteiger partial charge in [-0.15, -0.1) is 11.3 Å². The molecule has 9 aromatic rings. The summed E-state index contributed by atoms with van der Waals surface area (Å²) in [5.41, 5.74) is 8.80. The molecule has 0 aliphatic heterocycles. The third kappa shape index (κ3) is 4.83. The molecule has 1 aromatic heterocycles. The van der Waals surface area contributed by atoms with Gasteiger partial charge in [-0.3, -0.25) is 0 Å². The fraction of sp³-hybridized carbons (Fsp3) is 0.0417. The molecule has 1 aliphatic rings. The normalized spacial score (nSPS) is 13.3. The largest absolute Gasteiger partial charge is 0.314 e. The fourth-order valence-corrected chi connectivity index (χ4v) is 9.04. The Bertz CT molecular complexity index is 2820. The average molecular weight is 656 g/mol. The van der Waals surface area contributed by atoms with Crippen molar-refractivity contribution in [2.24, 2.45) is 0 Å². The van der Waals surface area contributed by atoms with Crippen LogP contribution >= 0.6 is 11.3 Å². The number of benzene rings is 8. The topological polar surface area (TPSA) is 3.24 Å². The zero-order valence-corrected chi connectivity index (χ0v) is 28.3. The van der Waals surface area contributed by atoms with Crippen LogP contribution in [0.25, 0.3) is 69.2 Å². The first-order chi connectivity index (χ1) is 24.8. The lowest BCUT2D eigenvalue weighted by molar-refractivity contribution is 0.931. The molecule has 0 fully saturated rings. The molecule has 0 radical (unpaired) electrons. The lowest BCUT2D eigenvalue weighted by Gasteiger charge is -2.32. The number of hydrogen-bond donors (Lipinski definition) is 0. The summed E-state index contributed by atoms with van der Waals surface area (Å²) in [5.74, 6) is 0. The summed E-state index contributed by atoms with van der Waals surface area (Å²) in [4.78, 5) is 2.50. The van der Waals surface area contributed by atoms with Crippen molar-refractivity contribution in [1.82, 2.24) is 0 Å². The number of allylic oxidation sites excluding steroid dienone is 4. The van der Waals surface area contributed by atoms with Crippen LogP contribution < -0.4 is 4.90 Å². The van der Waals surface area contributed by atoms with Gasteiger partial charge in [0.05, 0.1) is 5.69 Å². The number of thiophene rings is 1. The first kappa shape index (κ1) is 29.0. The van der Waals surface area contributed by atoms with Crippen molar-refractivity contribution in [3.63, 3.8) is 0 Å². The maximum absolute atomic E-state index is 2.50. The molecule has 0 amide bonds. The second-order valence-corrected chi connectivity index (χ2v) is 14.3. The minimum Gasteiger partial charge on any atom is -0.314 e. The Balaban J connectivity index is 1.13. The van der Waals surface area contributed by atoms with E-state index < -0.39 is 0 Å². The molecule has 1 nitrogen and oxygen atoms in total. The molecule has 0 unspecified atom stereocenters. The maximum atomic E-state index is 2.50. The van der Waals surface area contributed by atoms with Crippen LogP contribution in [0.2, 0.25) is 0 Å². The van der Waals surface area contributed by atoms with E-state index in [4.69, 9.17) is 0 Å². The number of fused-ring (bicyclic) bond motifs is 8. The van der Waals surface area contributed by atoms with Crippen LogP contribution in [0.5, 0.6) is 0 Å². The Morgan fingerprint density at radius 1 is 0.440 bits per heavy atom. The number of nitrogens with zero attached hydrogens (tertiary/aromatic N) is 1. The fourth-order valence-electron chi connectivity index (χ4n) is 7.92. The van der Waals surface area contributed by atoms with Gasteiger partial charge in [0.1, 0.15) is 0 Å². The van der Waals surface area contributed by atoms with E-state index in [9.17, 15) is 0 Å². The van der Waals surface area contributed by atoms with Crippen molar-refractivity contribution in [3.8, 4) is 11.1 Å². The summed E-state index contributed by atoms with van der Waals surface area (Å²) in [6, 6.07) is 60.2. The molecule has 8 aromatic carbocycles. The number of para-hydroxylation sites is 1. The Morgan fingerprint density at radius 2 is 1.14 bits per heavy atom. The van der Waals surface area contributed by atoms with Crippen LogP contribution in [-0.4, -0.2) is 0 Å². The van der Waals surface area contributed by atoms with Crippen LogP contribution in [0.3, 0.4) is 0 Å². The van der Waals surface area contributed by atoms with Gasteiger partial charge in [0, 0.05) is 37.1 Å². The van der Waals surface area contributed by atoms with E-state index in [2.05, 4.69) is 181 Å². The van der Waals surface area contributed by atoms with Gasteiger partial charge in [0.25, 0.3) is 0 Å². The summed E-state index contributed by atoms with van der Waals surface area (Å²) >= 11 is 1.89. The van der Waals surface area contributed by atoms with E-state index in [1.807, 2.05) is 11.3 Å². The summed E-state index contributed by atoms with van der Waals surface area (Å²) in [6.07, 6.45) is 6.63. The minimum absolute atomic E-state index is 0.937. The van der Waals surface area contributed by atoms with Gasteiger partial charge in [0.15, 0.2) is 0 Å². The van der Waals surface area contributed by atoms with Gasteiger partial charge in [-0.1, -0.05) is 133 Å². The van der Waals surface area contributed by atoms with E-state index in [1.54, 1.807) is 0 Å². The SMILES string of the molecule is C1=C(c2ccc3ccc4sc5ccccc5c4c3c2)CCC(N(c2ccc3ccc4ccccc4c3c2)c2ccccc2-c2ccccc2)=C1. The predicted octanol–water partition coefficient (Wildman–Crippen LogP) is 14.1. The lowest BCUT2D eigenvalue weighted by Crippen LogP contribution is -2.18. The highest BCUT2D eigenvalue weighted by Gasteiger charge is 2.22. The molecule has 1 aliphatic carbocycles. The second-order valence-electron chi connectivity index (χ2n) is 13.2. The number of rotatable bonds is 5. The molecular formula is C48H33NS. The van der Waals surface area contributed by atoms with Gasteiger partial charge in [0.2, 0.25) is 0 Å². The monoisotopic (exact) mass is 655 g/mol. The highest BCUT2D eigenvalue weighted by Crippen LogP contribution is 2.44. The third-order valence-corrected chi connectivity index (χ3v) is 11.5. The van der Waals surface area contributed by atoms with Crippen molar-refractivity contribution >= 4 is 80.8 Å². The van der Waals surface area contributed by atoms with Crippen LogP contribution in [0.1, 0.15) is 18.4 Å². The lowest BCUT2D eigenvalue weighted by atomic mass is 9.92. The first-order valence-electron chi connectivity index (χ1n) is 17.4. The van der Waals surface area contributed by atoms with Crippen LogP contribution in [0, 0.1) is 0 Å². The molecule has 0 atom stereocenters. The summed E-state index contributed by atoms with van der Waals surface area (Å²) in [7, 11) is 0. The van der Waals surface area contributed by atoms with E-state index >= 15 is 0 Å². The Kier molecular flexibility index (Phi) is 6.89.